The molecule has 2 atom stereocenters. The zero-order valence-corrected chi connectivity index (χ0v) is 12.6. The molecule has 1 aliphatic rings. The Morgan fingerprint density at radius 3 is 3.15 bits per heavy atom. The minimum Gasteiger partial charge on any atom is -0.377 e. The van der Waals surface area contributed by atoms with Gasteiger partial charge in [0.1, 0.15) is 0 Å². The minimum absolute atomic E-state index is 0.384. The van der Waals surface area contributed by atoms with Crippen molar-refractivity contribution in [2.45, 2.75) is 38.5 Å². The highest BCUT2D eigenvalue weighted by molar-refractivity contribution is 6.31. The van der Waals surface area contributed by atoms with Crippen molar-refractivity contribution in [3.05, 3.63) is 35.5 Å². The summed E-state index contributed by atoms with van der Waals surface area (Å²) in [4.78, 5) is 0. The first kappa shape index (κ1) is 13.9. The van der Waals surface area contributed by atoms with Crippen molar-refractivity contribution in [2.75, 3.05) is 13.2 Å². The van der Waals surface area contributed by atoms with E-state index in [0.717, 1.165) is 24.7 Å². The van der Waals surface area contributed by atoms with Gasteiger partial charge in [0.2, 0.25) is 0 Å². The first-order valence-corrected chi connectivity index (χ1v) is 7.71. The molecule has 3 nitrogen and oxygen atoms in total. The average Bonchev–Trinajstić information content (AvgIpc) is 3.08. The largest absolute Gasteiger partial charge is 0.377 e. The van der Waals surface area contributed by atoms with Gasteiger partial charge in [-0.3, -0.25) is 0 Å². The number of fused-ring (bicyclic) bond motifs is 1. The fraction of sp³-hybridized carbons (Fsp3) is 0.500. The van der Waals surface area contributed by atoms with E-state index in [1.807, 2.05) is 12.1 Å². The van der Waals surface area contributed by atoms with E-state index in [1.54, 1.807) is 0 Å². The molecule has 0 bridgehead atoms. The van der Waals surface area contributed by atoms with E-state index in [1.165, 1.54) is 23.7 Å². The van der Waals surface area contributed by atoms with Gasteiger partial charge in [0.15, 0.2) is 0 Å². The topological polar surface area (TPSA) is 26.2 Å². The Labute approximate surface area is 124 Å². The molecule has 0 radical (unpaired) electrons. The lowest BCUT2D eigenvalue weighted by atomic mass is 10.1. The maximum Gasteiger partial charge on any atom is 0.0726 e. The molecule has 108 valence electrons. The monoisotopic (exact) mass is 292 g/mol. The fourth-order valence-electron chi connectivity index (χ4n) is 2.91. The van der Waals surface area contributed by atoms with E-state index in [0.29, 0.717) is 12.1 Å². The predicted molar refractivity (Wildman–Crippen MR) is 83.4 cm³/mol. The van der Waals surface area contributed by atoms with Gasteiger partial charge in [-0.1, -0.05) is 11.6 Å². The molecular weight excluding hydrogens is 272 g/mol. The predicted octanol–water partition coefficient (Wildman–Crippen LogP) is 3.45. The highest BCUT2D eigenvalue weighted by Gasteiger charge is 2.21. The average molecular weight is 293 g/mol. The molecule has 1 aliphatic heterocycles. The summed E-state index contributed by atoms with van der Waals surface area (Å²) < 4.78 is 7.97. The van der Waals surface area contributed by atoms with Gasteiger partial charge in [-0.25, -0.2) is 0 Å². The van der Waals surface area contributed by atoms with Crippen molar-refractivity contribution in [1.29, 1.82) is 0 Å². The summed E-state index contributed by atoms with van der Waals surface area (Å²) in [6.45, 7) is 5.04. The second-order valence-electron chi connectivity index (χ2n) is 5.51. The van der Waals surface area contributed by atoms with Crippen LogP contribution in [-0.2, 0) is 11.3 Å². The SMILES string of the molecule is CC(NCCn1ccc2cc(Cl)ccc21)C1CCCO1. The van der Waals surface area contributed by atoms with Gasteiger partial charge in [-0.15, -0.1) is 0 Å². The Morgan fingerprint density at radius 1 is 1.45 bits per heavy atom. The highest BCUT2D eigenvalue weighted by Crippen LogP contribution is 2.20. The number of hydrogen-bond acceptors (Lipinski definition) is 2. The third kappa shape index (κ3) is 3.00. The van der Waals surface area contributed by atoms with E-state index < -0.39 is 0 Å². The van der Waals surface area contributed by atoms with Crippen LogP contribution in [0.15, 0.2) is 30.5 Å². The highest BCUT2D eigenvalue weighted by atomic mass is 35.5. The Morgan fingerprint density at radius 2 is 2.35 bits per heavy atom. The van der Waals surface area contributed by atoms with E-state index in [2.05, 4.69) is 35.1 Å². The van der Waals surface area contributed by atoms with Gasteiger partial charge in [0, 0.05) is 47.9 Å². The molecule has 2 unspecified atom stereocenters. The molecule has 0 saturated carbocycles. The number of benzene rings is 1. The number of nitrogens with one attached hydrogen (secondary N) is 1. The second-order valence-corrected chi connectivity index (χ2v) is 5.94. The van der Waals surface area contributed by atoms with Gasteiger partial charge in [0.05, 0.1) is 6.10 Å². The molecule has 4 heteroatoms. The summed E-state index contributed by atoms with van der Waals surface area (Å²) in [7, 11) is 0. The van der Waals surface area contributed by atoms with Gasteiger partial charge >= 0.3 is 0 Å². The van der Waals surface area contributed by atoms with Crippen molar-refractivity contribution in [1.82, 2.24) is 9.88 Å². The summed E-state index contributed by atoms with van der Waals surface area (Å²) in [5.41, 5.74) is 1.24. The number of ether oxygens (including phenoxy) is 1. The molecule has 3 rings (SSSR count). The van der Waals surface area contributed by atoms with E-state index in [4.69, 9.17) is 16.3 Å². The molecule has 20 heavy (non-hydrogen) atoms. The lowest BCUT2D eigenvalue weighted by molar-refractivity contribution is 0.0835. The zero-order chi connectivity index (χ0) is 13.9. The summed E-state index contributed by atoms with van der Waals surface area (Å²) in [6.07, 6.45) is 4.88. The lowest BCUT2D eigenvalue weighted by Crippen LogP contribution is -2.38. The second kappa shape index (κ2) is 6.17. The Bertz CT molecular complexity index is 575. The molecule has 0 amide bonds. The van der Waals surface area contributed by atoms with Crippen molar-refractivity contribution >= 4 is 22.5 Å². The summed E-state index contributed by atoms with van der Waals surface area (Å²) in [5.74, 6) is 0. The number of hydrogen-bond donors (Lipinski definition) is 1. The molecule has 0 spiro atoms. The van der Waals surface area contributed by atoms with Crippen LogP contribution in [0, 0.1) is 0 Å². The van der Waals surface area contributed by atoms with E-state index >= 15 is 0 Å². The van der Waals surface area contributed by atoms with Crippen LogP contribution in [0.4, 0.5) is 0 Å². The summed E-state index contributed by atoms with van der Waals surface area (Å²) >= 11 is 6.01. The van der Waals surface area contributed by atoms with Gasteiger partial charge in [-0.2, -0.15) is 0 Å². The van der Waals surface area contributed by atoms with Crippen molar-refractivity contribution in [3.63, 3.8) is 0 Å². The van der Waals surface area contributed by atoms with Crippen molar-refractivity contribution in [2.24, 2.45) is 0 Å². The third-order valence-corrected chi connectivity index (χ3v) is 4.31. The molecule has 0 aliphatic carbocycles. The van der Waals surface area contributed by atoms with Gasteiger partial charge in [-0.05, 0) is 44.0 Å². The van der Waals surface area contributed by atoms with Crippen molar-refractivity contribution < 1.29 is 4.74 Å². The first-order valence-electron chi connectivity index (χ1n) is 7.33. The third-order valence-electron chi connectivity index (χ3n) is 4.07. The van der Waals surface area contributed by atoms with Crippen LogP contribution >= 0.6 is 11.6 Å². The van der Waals surface area contributed by atoms with Crippen LogP contribution in [0.25, 0.3) is 10.9 Å². The fourth-order valence-corrected chi connectivity index (χ4v) is 3.09. The molecule has 1 saturated heterocycles. The van der Waals surface area contributed by atoms with Gasteiger partial charge < -0.3 is 14.6 Å². The first-order chi connectivity index (χ1) is 9.74. The molecule has 1 N–H and O–H groups in total. The van der Waals surface area contributed by atoms with Crippen LogP contribution < -0.4 is 5.32 Å². The maximum absolute atomic E-state index is 6.01. The Balaban J connectivity index is 1.57. The van der Waals surface area contributed by atoms with Crippen LogP contribution in [-0.4, -0.2) is 29.9 Å². The molecule has 1 aromatic heterocycles. The van der Waals surface area contributed by atoms with Crippen LogP contribution in [0.3, 0.4) is 0 Å². The molecule has 1 aromatic carbocycles. The summed E-state index contributed by atoms with van der Waals surface area (Å²) in [5, 5.41) is 5.56. The summed E-state index contributed by atoms with van der Waals surface area (Å²) in [6, 6.07) is 8.58. The standard InChI is InChI=1S/C16H21ClN2O/c1-12(16-3-2-10-20-16)18-7-9-19-8-6-13-11-14(17)4-5-15(13)19/h4-6,8,11-12,16,18H,2-3,7,9-10H2,1H3. The molecule has 1 fully saturated rings. The Kier molecular flexibility index (Phi) is 4.29. The van der Waals surface area contributed by atoms with Crippen molar-refractivity contribution in [3.8, 4) is 0 Å². The van der Waals surface area contributed by atoms with E-state index in [-0.39, 0.29) is 0 Å². The minimum atomic E-state index is 0.384. The van der Waals surface area contributed by atoms with Crippen LogP contribution in [0.5, 0.6) is 0 Å². The zero-order valence-electron chi connectivity index (χ0n) is 11.8. The number of aromatic nitrogens is 1. The van der Waals surface area contributed by atoms with Crippen LogP contribution in [0.2, 0.25) is 5.02 Å². The van der Waals surface area contributed by atoms with E-state index in [9.17, 15) is 0 Å². The smallest absolute Gasteiger partial charge is 0.0726 e. The van der Waals surface area contributed by atoms with Crippen LogP contribution in [0.1, 0.15) is 19.8 Å². The maximum atomic E-state index is 6.01. The molecular formula is C16H21ClN2O. The molecule has 2 heterocycles. The normalized spacial score (nSPS) is 20.6. The quantitative estimate of drug-likeness (QED) is 0.913. The lowest BCUT2D eigenvalue weighted by Gasteiger charge is -2.20. The number of rotatable bonds is 5. The van der Waals surface area contributed by atoms with Gasteiger partial charge in [0.25, 0.3) is 0 Å². The number of halogens is 1. The Hall–Kier alpha value is -1.03. The molecule has 2 aromatic rings. The number of nitrogens with zero attached hydrogens (tertiary/aromatic N) is 1.